The van der Waals surface area contributed by atoms with Crippen LogP contribution in [0.3, 0.4) is 0 Å². The molecule has 0 spiro atoms. The van der Waals surface area contributed by atoms with Crippen LogP contribution in [-0.2, 0) is 14.3 Å². The molecule has 1 fully saturated rings. The third-order valence-corrected chi connectivity index (χ3v) is 12.4. The molecule has 0 saturated carbocycles. The second-order valence-corrected chi connectivity index (χ2v) is 17.9. The van der Waals surface area contributed by atoms with Gasteiger partial charge in [-0.15, -0.1) is 0 Å². The van der Waals surface area contributed by atoms with Crippen molar-refractivity contribution in [3.05, 3.63) is 0 Å². The number of hydrogen-bond donors (Lipinski definition) is 8. The first-order chi connectivity index (χ1) is 28.7. The Hall–Kier alpha value is -0.890. The van der Waals surface area contributed by atoms with E-state index in [1.165, 1.54) is 154 Å². The summed E-state index contributed by atoms with van der Waals surface area (Å²) in [4.78, 5) is 13.1. The van der Waals surface area contributed by atoms with Crippen molar-refractivity contribution in [2.75, 3.05) is 13.2 Å². The summed E-state index contributed by atoms with van der Waals surface area (Å²) in [5.41, 5.74) is 0. The van der Waals surface area contributed by atoms with Gasteiger partial charge in [0.1, 0.15) is 36.6 Å². The number of nitrogens with one attached hydrogen (secondary N) is 1. The second kappa shape index (κ2) is 38.8. The highest BCUT2D eigenvalue weighted by Gasteiger charge is 2.44. The summed E-state index contributed by atoms with van der Waals surface area (Å²) in [6.45, 7) is 3.46. The normalized spacial score (nSPS) is 21.7. The first kappa shape index (κ1) is 56.1. The summed E-state index contributed by atoms with van der Waals surface area (Å²) >= 11 is 0. The van der Waals surface area contributed by atoms with E-state index in [1.807, 2.05) is 0 Å². The molecule has 0 aromatic rings. The molecule has 0 aliphatic carbocycles. The van der Waals surface area contributed by atoms with Crippen molar-refractivity contribution in [1.29, 1.82) is 0 Å². The van der Waals surface area contributed by atoms with Gasteiger partial charge < -0.3 is 50.5 Å². The Morgan fingerprint density at radius 1 is 0.525 bits per heavy atom. The van der Waals surface area contributed by atoms with Crippen LogP contribution >= 0.6 is 0 Å². The van der Waals surface area contributed by atoms with Crippen LogP contribution in [0.5, 0.6) is 0 Å². The van der Waals surface area contributed by atoms with Gasteiger partial charge in [-0.05, 0) is 12.8 Å². The minimum atomic E-state index is -1.66. The zero-order valence-electron chi connectivity index (χ0n) is 38.0. The maximum absolute atomic E-state index is 13.1. The van der Waals surface area contributed by atoms with Gasteiger partial charge in [-0.2, -0.15) is 0 Å². The number of ether oxygens (including phenoxy) is 2. The summed E-state index contributed by atoms with van der Waals surface area (Å²) in [5, 5.41) is 75.8. The van der Waals surface area contributed by atoms with Crippen molar-refractivity contribution in [2.45, 2.75) is 287 Å². The van der Waals surface area contributed by atoms with Crippen LogP contribution in [0.4, 0.5) is 0 Å². The van der Waals surface area contributed by atoms with Crippen LogP contribution in [-0.4, -0.2) is 110 Å². The summed E-state index contributed by atoms with van der Waals surface area (Å²) < 4.78 is 11.1. The van der Waals surface area contributed by atoms with Gasteiger partial charge in [0.2, 0.25) is 5.91 Å². The molecule has 0 radical (unpaired) electrons. The number of amides is 1. The monoisotopic (exact) mass is 846 g/mol. The quantitative estimate of drug-likeness (QED) is 0.0276. The lowest BCUT2D eigenvalue weighted by Gasteiger charge is -2.40. The molecule has 11 heteroatoms. The van der Waals surface area contributed by atoms with E-state index in [2.05, 4.69) is 19.2 Å². The topological polar surface area (TPSA) is 189 Å². The van der Waals surface area contributed by atoms with E-state index in [4.69, 9.17) is 9.47 Å². The number of aliphatic hydroxyl groups excluding tert-OH is 7. The van der Waals surface area contributed by atoms with Crippen molar-refractivity contribution in [3.8, 4) is 0 Å². The van der Waals surface area contributed by atoms with E-state index in [0.717, 1.165) is 38.5 Å². The van der Waals surface area contributed by atoms with Gasteiger partial charge in [-0.25, -0.2) is 0 Å². The lowest BCUT2D eigenvalue weighted by atomic mass is 9.98. The van der Waals surface area contributed by atoms with E-state index < -0.39 is 74.2 Å². The van der Waals surface area contributed by atoms with Crippen molar-refractivity contribution < 1.29 is 50.0 Å². The van der Waals surface area contributed by atoms with Crippen LogP contribution in [0, 0.1) is 0 Å². The zero-order chi connectivity index (χ0) is 43.4. The third-order valence-electron chi connectivity index (χ3n) is 12.4. The average molecular weight is 846 g/mol. The molecule has 1 amide bonds. The molecule has 352 valence electrons. The Balaban J connectivity index is 2.38. The van der Waals surface area contributed by atoms with Crippen LogP contribution in [0.2, 0.25) is 0 Å². The lowest BCUT2D eigenvalue weighted by molar-refractivity contribution is -0.303. The number of rotatable bonds is 42. The summed E-state index contributed by atoms with van der Waals surface area (Å²) in [5.74, 6) is -0.693. The molecule has 0 unspecified atom stereocenters. The first-order valence-corrected chi connectivity index (χ1v) is 24.9. The Morgan fingerprint density at radius 2 is 0.881 bits per heavy atom. The molecule has 0 aromatic heterocycles. The number of aliphatic hydroxyl groups is 7. The van der Waals surface area contributed by atoms with Gasteiger partial charge >= 0.3 is 0 Å². The van der Waals surface area contributed by atoms with Gasteiger partial charge in [-0.3, -0.25) is 4.79 Å². The van der Waals surface area contributed by atoms with E-state index in [0.29, 0.717) is 19.3 Å². The van der Waals surface area contributed by atoms with Crippen LogP contribution in [0.25, 0.3) is 0 Å². The molecule has 9 atom stereocenters. The van der Waals surface area contributed by atoms with Gasteiger partial charge in [0, 0.05) is 0 Å². The molecule has 1 heterocycles. The Kier molecular flexibility index (Phi) is 36.9. The Morgan fingerprint density at radius 3 is 1.25 bits per heavy atom. The van der Waals surface area contributed by atoms with E-state index in [1.54, 1.807) is 0 Å². The molecule has 0 bridgehead atoms. The number of carbonyl (C=O) groups excluding carboxylic acids is 1. The van der Waals surface area contributed by atoms with Crippen molar-refractivity contribution in [2.24, 2.45) is 0 Å². The fourth-order valence-corrected chi connectivity index (χ4v) is 8.27. The molecule has 8 N–H and O–H groups in total. The highest BCUT2D eigenvalue weighted by Crippen LogP contribution is 2.23. The molecular weight excluding hydrogens is 751 g/mol. The highest BCUT2D eigenvalue weighted by atomic mass is 16.7. The number of unbranched alkanes of at least 4 members (excludes halogenated alkanes) is 30. The van der Waals surface area contributed by atoms with Crippen LogP contribution < -0.4 is 5.32 Å². The summed E-state index contributed by atoms with van der Waals surface area (Å²) in [7, 11) is 0. The fraction of sp³-hybridized carbons (Fsp3) is 0.979. The van der Waals surface area contributed by atoms with Gasteiger partial charge in [-0.1, -0.05) is 219 Å². The van der Waals surface area contributed by atoms with E-state index >= 15 is 0 Å². The largest absolute Gasteiger partial charge is 0.394 e. The molecule has 1 saturated heterocycles. The minimum Gasteiger partial charge on any atom is -0.394 e. The van der Waals surface area contributed by atoms with Gasteiger partial charge in [0.05, 0.1) is 25.4 Å². The molecule has 1 aliphatic rings. The predicted octanol–water partition coefficient (Wildman–Crippen LogP) is 8.67. The smallest absolute Gasteiger partial charge is 0.249 e. The van der Waals surface area contributed by atoms with Crippen LogP contribution in [0.1, 0.15) is 232 Å². The second-order valence-electron chi connectivity index (χ2n) is 17.9. The predicted molar refractivity (Wildman–Crippen MR) is 238 cm³/mol. The van der Waals surface area contributed by atoms with E-state index in [-0.39, 0.29) is 6.42 Å². The van der Waals surface area contributed by atoms with Gasteiger partial charge in [0.25, 0.3) is 0 Å². The summed E-state index contributed by atoms with van der Waals surface area (Å²) in [6, 6.07) is -1.16. The minimum absolute atomic E-state index is 0.266. The molecule has 59 heavy (non-hydrogen) atoms. The van der Waals surface area contributed by atoms with Crippen molar-refractivity contribution in [3.63, 3.8) is 0 Å². The third kappa shape index (κ3) is 28.4. The van der Waals surface area contributed by atoms with Crippen LogP contribution in [0.15, 0.2) is 0 Å². The lowest BCUT2D eigenvalue weighted by Crippen LogP contribution is -2.60. The molecular formula is C48H95NO10. The molecule has 0 aromatic carbocycles. The van der Waals surface area contributed by atoms with E-state index in [9.17, 15) is 40.5 Å². The molecule has 11 nitrogen and oxygen atoms in total. The maximum atomic E-state index is 13.1. The standard InChI is InChI=1S/C48H95NO10/c1-3-5-7-9-11-13-15-17-18-19-20-21-22-24-26-28-30-32-34-36-41(52)47(57)49-39(38-58-48-46(56)45(55)44(54)42(37-50)59-48)43(53)40(51)35-33-31-29-27-25-23-16-14-12-10-8-6-4-2/h39-46,48,50-56H,3-38H2,1-2H3,(H,49,57)/t39-,40+,41+,42+,43-,44-,45-,46+,48-/m0/s1. The maximum Gasteiger partial charge on any atom is 0.249 e. The Labute approximate surface area is 360 Å². The average Bonchev–Trinajstić information content (AvgIpc) is 3.23. The Bertz CT molecular complexity index is 928. The van der Waals surface area contributed by atoms with Crippen molar-refractivity contribution in [1.82, 2.24) is 5.32 Å². The van der Waals surface area contributed by atoms with Crippen molar-refractivity contribution >= 4 is 5.91 Å². The SMILES string of the molecule is CCCCCCCCCCCCCCCCCCCCC[C@@H](O)C(=O)N[C@@H](CO[C@H]1O[C@H](CO)[C@H](O)[C@H](O)[C@H]1O)[C@H](O)[C@H](O)CCCCCCCCCCCCCCC. The highest BCUT2D eigenvalue weighted by molar-refractivity contribution is 5.80. The summed E-state index contributed by atoms with van der Waals surface area (Å²) in [6.07, 6.45) is 28.6. The number of hydrogen-bond acceptors (Lipinski definition) is 10. The first-order valence-electron chi connectivity index (χ1n) is 24.9. The van der Waals surface area contributed by atoms with Gasteiger partial charge in [0.15, 0.2) is 6.29 Å². The fourth-order valence-electron chi connectivity index (χ4n) is 8.27. The molecule has 1 aliphatic heterocycles. The molecule has 1 rings (SSSR count). The zero-order valence-corrected chi connectivity index (χ0v) is 38.0. The number of carbonyl (C=O) groups is 1.